The highest BCUT2D eigenvalue weighted by Crippen LogP contribution is 2.37. The van der Waals surface area contributed by atoms with Gasteiger partial charge in [0.1, 0.15) is 5.78 Å². The molecule has 0 radical (unpaired) electrons. The molecule has 10 heavy (non-hydrogen) atoms. The van der Waals surface area contributed by atoms with Gasteiger partial charge in [-0.2, -0.15) is 0 Å². The summed E-state index contributed by atoms with van der Waals surface area (Å²) in [5.41, 5.74) is 0. The zero-order valence-electron chi connectivity index (χ0n) is 6.31. The fraction of sp³-hybridized carbons (Fsp3) is 0.889. The molecule has 2 aliphatic rings. The quantitative estimate of drug-likeness (QED) is 0.501. The van der Waals surface area contributed by atoms with Gasteiger partial charge in [-0.1, -0.05) is 12.8 Å². The lowest BCUT2D eigenvalue weighted by Gasteiger charge is -2.03. The molecule has 0 N–H and O–H groups in total. The number of carbonyl (C=O) groups excluding carboxylic acids is 1. The van der Waals surface area contributed by atoms with Crippen LogP contribution in [0.15, 0.2) is 0 Å². The van der Waals surface area contributed by atoms with Gasteiger partial charge in [-0.25, -0.2) is 0 Å². The van der Waals surface area contributed by atoms with Crippen molar-refractivity contribution in [1.82, 2.24) is 0 Å². The van der Waals surface area contributed by atoms with Crippen LogP contribution in [0.3, 0.4) is 0 Å². The first-order valence-electron chi connectivity index (χ1n) is 4.41. The smallest absolute Gasteiger partial charge is 0.139 e. The molecule has 0 aromatic heterocycles. The van der Waals surface area contributed by atoms with Crippen LogP contribution in [0.2, 0.25) is 0 Å². The Labute approximate surface area is 61.8 Å². The molecule has 0 saturated heterocycles. The summed E-state index contributed by atoms with van der Waals surface area (Å²) >= 11 is 0. The summed E-state index contributed by atoms with van der Waals surface area (Å²) in [5, 5.41) is 0. The zero-order valence-corrected chi connectivity index (χ0v) is 6.31. The van der Waals surface area contributed by atoms with Crippen molar-refractivity contribution in [2.75, 3.05) is 0 Å². The lowest BCUT2D eigenvalue weighted by molar-refractivity contribution is -0.123. The molecular formula is C9H14O. The number of hydrogen-bond donors (Lipinski definition) is 0. The van der Waals surface area contributed by atoms with E-state index in [1.54, 1.807) is 0 Å². The van der Waals surface area contributed by atoms with Crippen molar-refractivity contribution in [2.45, 2.75) is 38.5 Å². The minimum atomic E-state index is 0.479. The Morgan fingerprint density at radius 2 is 1.40 bits per heavy atom. The molecule has 1 nitrogen and oxygen atoms in total. The second-order valence-electron chi connectivity index (χ2n) is 3.66. The maximum absolute atomic E-state index is 11.4. The number of Topliss-reactive ketones (excluding diaryl/α,β-unsaturated/α-hetero) is 1. The molecule has 0 aromatic rings. The molecule has 56 valence electrons. The van der Waals surface area contributed by atoms with Crippen molar-refractivity contribution in [3.05, 3.63) is 0 Å². The number of fused-ring (bicyclic) bond motifs is 2. The molecule has 0 amide bonds. The molecule has 0 unspecified atom stereocenters. The van der Waals surface area contributed by atoms with Crippen molar-refractivity contribution in [1.29, 1.82) is 0 Å². The number of hydrogen-bond acceptors (Lipinski definition) is 1. The number of carbonyl (C=O) groups is 1. The van der Waals surface area contributed by atoms with E-state index in [0.717, 1.165) is 0 Å². The van der Waals surface area contributed by atoms with Crippen LogP contribution in [-0.2, 0) is 4.79 Å². The van der Waals surface area contributed by atoms with Crippen LogP contribution in [0.5, 0.6) is 0 Å². The third kappa shape index (κ3) is 0.882. The highest BCUT2D eigenvalue weighted by Gasteiger charge is 2.34. The van der Waals surface area contributed by atoms with Crippen molar-refractivity contribution in [3.63, 3.8) is 0 Å². The van der Waals surface area contributed by atoms with Crippen LogP contribution in [0.25, 0.3) is 0 Å². The first-order valence-corrected chi connectivity index (χ1v) is 4.41. The molecule has 0 aliphatic heterocycles. The normalized spacial score (nSPS) is 39.8. The van der Waals surface area contributed by atoms with Gasteiger partial charge >= 0.3 is 0 Å². The second kappa shape index (κ2) is 2.37. The summed E-state index contributed by atoms with van der Waals surface area (Å²) in [4.78, 5) is 11.4. The van der Waals surface area contributed by atoms with Gasteiger partial charge in [0.2, 0.25) is 0 Å². The molecule has 2 saturated carbocycles. The lowest BCUT2D eigenvalue weighted by atomic mass is 10.0. The molecular weight excluding hydrogens is 124 g/mol. The minimum Gasteiger partial charge on any atom is -0.299 e. The van der Waals surface area contributed by atoms with E-state index in [9.17, 15) is 4.79 Å². The first-order chi connectivity index (χ1) is 4.88. The lowest BCUT2D eigenvalue weighted by Crippen LogP contribution is -2.10. The largest absolute Gasteiger partial charge is 0.299 e. The minimum absolute atomic E-state index is 0.479. The molecule has 0 heterocycles. The van der Waals surface area contributed by atoms with Gasteiger partial charge in [0.25, 0.3) is 0 Å². The SMILES string of the molecule is O=C1[C@@H]2CCCC[C@H]1CC2. The molecule has 1 heteroatoms. The average molecular weight is 138 g/mol. The molecule has 0 spiro atoms. The summed E-state index contributed by atoms with van der Waals surface area (Å²) in [5.74, 6) is 1.55. The van der Waals surface area contributed by atoms with Gasteiger partial charge in [-0.05, 0) is 25.7 Å². The number of ketones is 1. The van der Waals surface area contributed by atoms with E-state index in [1.807, 2.05) is 0 Å². The van der Waals surface area contributed by atoms with Gasteiger partial charge in [-0.15, -0.1) is 0 Å². The van der Waals surface area contributed by atoms with E-state index >= 15 is 0 Å². The van der Waals surface area contributed by atoms with Gasteiger partial charge in [0.15, 0.2) is 0 Å². The van der Waals surface area contributed by atoms with Crippen LogP contribution < -0.4 is 0 Å². The van der Waals surface area contributed by atoms with Gasteiger partial charge in [-0.3, -0.25) is 4.79 Å². The van der Waals surface area contributed by atoms with Gasteiger partial charge in [0.05, 0.1) is 0 Å². The second-order valence-corrected chi connectivity index (χ2v) is 3.66. The van der Waals surface area contributed by atoms with E-state index < -0.39 is 0 Å². The summed E-state index contributed by atoms with van der Waals surface area (Å²) in [6.07, 6.45) is 7.37. The van der Waals surface area contributed by atoms with Crippen LogP contribution in [-0.4, -0.2) is 5.78 Å². The van der Waals surface area contributed by atoms with Crippen molar-refractivity contribution in [3.8, 4) is 0 Å². The van der Waals surface area contributed by atoms with Crippen molar-refractivity contribution >= 4 is 5.78 Å². The summed E-state index contributed by atoms with van der Waals surface area (Å²) in [6, 6.07) is 0. The van der Waals surface area contributed by atoms with Gasteiger partial charge in [0, 0.05) is 11.8 Å². The van der Waals surface area contributed by atoms with Gasteiger partial charge < -0.3 is 0 Å². The van der Waals surface area contributed by atoms with E-state index in [1.165, 1.54) is 38.5 Å². The van der Waals surface area contributed by atoms with Crippen LogP contribution >= 0.6 is 0 Å². The van der Waals surface area contributed by atoms with Crippen LogP contribution in [0, 0.1) is 11.8 Å². The molecule has 0 aromatic carbocycles. The maximum Gasteiger partial charge on any atom is 0.139 e. The molecule has 2 aliphatic carbocycles. The Bertz CT molecular complexity index is 135. The predicted molar refractivity (Wildman–Crippen MR) is 39.7 cm³/mol. The van der Waals surface area contributed by atoms with E-state index in [-0.39, 0.29) is 0 Å². The van der Waals surface area contributed by atoms with Crippen molar-refractivity contribution in [2.24, 2.45) is 11.8 Å². The Kier molecular flexibility index (Phi) is 1.51. The zero-order chi connectivity index (χ0) is 6.97. The first kappa shape index (κ1) is 6.38. The standard InChI is InChI=1S/C9H14O/c10-9-7-3-1-2-4-8(9)6-5-7/h7-8H,1-6H2/t7-,8+. The van der Waals surface area contributed by atoms with Crippen LogP contribution in [0.4, 0.5) is 0 Å². The fourth-order valence-electron chi connectivity index (χ4n) is 2.37. The fourth-order valence-corrected chi connectivity index (χ4v) is 2.37. The summed E-state index contributed by atoms with van der Waals surface area (Å²) in [6.45, 7) is 0. The topological polar surface area (TPSA) is 17.1 Å². The van der Waals surface area contributed by atoms with E-state index in [2.05, 4.69) is 0 Å². The summed E-state index contributed by atoms with van der Waals surface area (Å²) in [7, 11) is 0. The number of rotatable bonds is 0. The molecule has 2 bridgehead atoms. The maximum atomic E-state index is 11.4. The van der Waals surface area contributed by atoms with Crippen LogP contribution in [0.1, 0.15) is 38.5 Å². The average Bonchev–Trinajstić information content (AvgIpc) is 2.06. The predicted octanol–water partition coefficient (Wildman–Crippen LogP) is 2.16. The molecule has 2 fully saturated rings. The summed E-state index contributed by atoms with van der Waals surface area (Å²) < 4.78 is 0. The molecule has 2 rings (SSSR count). The van der Waals surface area contributed by atoms with Crippen molar-refractivity contribution < 1.29 is 4.79 Å². The van der Waals surface area contributed by atoms with E-state index in [4.69, 9.17) is 0 Å². The third-order valence-corrected chi connectivity index (χ3v) is 3.02. The third-order valence-electron chi connectivity index (χ3n) is 3.02. The molecule has 2 atom stereocenters. The monoisotopic (exact) mass is 138 g/mol. The highest BCUT2D eigenvalue weighted by atomic mass is 16.1. The Balaban J connectivity index is 2.14. The Hall–Kier alpha value is -0.330. The Morgan fingerprint density at radius 3 is 1.90 bits per heavy atom. The Morgan fingerprint density at radius 1 is 0.900 bits per heavy atom. The van der Waals surface area contributed by atoms with E-state index in [0.29, 0.717) is 17.6 Å². The highest BCUT2D eigenvalue weighted by molar-refractivity contribution is 5.85.